The van der Waals surface area contributed by atoms with Gasteiger partial charge in [0, 0.05) is 0 Å². The molecule has 9 aromatic carbocycles. The largest absolute Gasteiger partial charge is 0.155 e. The Labute approximate surface area is 517 Å². The average molecular weight is 1140 g/mol. The number of hydrogen-bond donors (Lipinski definition) is 0. The minimum absolute atomic E-state index is 0.159. The highest BCUT2D eigenvalue weighted by molar-refractivity contribution is 6.96. The van der Waals surface area contributed by atoms with E-state index in [1.807, 2.05) is 0 Å². The van der Waals surface area contributed by atoms with Gasteiger partial charge in [0.05, 0.1) is 0 Å². The molecule has 439 valence electrons. The van der Waals surface area contributed by atoms with Gasteiger partial charge in [0.2, 0.25) is 0 Å². The van der Waals surface area contributed by atoms with E-state index in [2.05, 4.69) is 314 Å². The summed E-state index contributed by atoms with van der Waals surface area (Å²) in [6.45, 7) is 45.6. The van der Waals surface area contributed by atoms with Crippen molar-refractivity contribution in [1.29, 1.82) is 0 Å². The zero-order chi connectivity index (χ0) is 61.2. The van der Waals surface area contributed by atoms with Crippen molar-refractivity contribution in [2.24, 2.45) is 0 Å². The zero-order valence-corrected chi connectivity index (χ0v) is 56.4. The molecule has 0 aliphatic rings. The lowest BCUT2D eigenvalue weighted by atomic mass is 9.76. The predicted octanol–water partition coefficient (Wildman–Crippen LogP) is 22.3. The number of hydrogen-bond acceptors (Lipinski definition) is 0. The van der Waals surface area contributed by atoms with Gasteiger partial charge in [0.25, 0.3) is 0 Å². The lowest BCUT2D eigenvalue weighted by molar-refractivity contribution is 0.589. The van der Waals surface area contributed by atoms with Crippen LogP contribution in [0.2, 0.25) is 0 Å². The third-order valence-corrected chi connectivity index (χ3v) is 21.2. The predicted molar refractivity (Wildman–Crippen MR) is 376 cm³/mol. The van der Waals surface area contributed by atoms with Crippen molar-refractivity contribution in [3.8, 4) is 44.5 Å². The molecule has 0 aromatic heterocycles. The molecule has 85 heavy (non-hydrogen) atoms. The maximum Gasteiger partial charge on any atom is 0.155 e. The first-order valence-corrected chi connectivity index (χ1v) is 33.9. The fourth-order valence-corrected chi connectivity index (χ4v) is 16.7. The van der Waals surface area contributed by atoms with Crippen LogP contribution in [-0.2, 0) is 18.3 Å². The van der Waals surface area contributed by atoms with E-state index < -0.39 is 8.80 Å². The Kier molecular flexibility index (Phi) is 19.5. The van der Waals surface area contributed by atoms with E-state index in [0.29, 0.717) is 47.3 Å². The second-order valence-corrected chi connectivity index (χ2v) is 30.4. The van der Waals surface area contributed by atoms with Gasteiger partial charge in [0.1, 0.15) is 0 Å². The second-order valence-electron chi connectivity index (χ2n) is 28.0. The molecule has 0 amide bonds. The van der Waals surface area contributed by atoms with E-state index in [0.717, 1.165) is 12.8 Å². The fraction of sp³-hybridized carbons (Fsp3) is 0.357. The molecule has 9 aromatic rings. The summed E-state index contributed by atoms with van der Waals surface area (Å²) in [6.07, 6.45) is 1.55. The lowest BCUT2D eigenvalue weighted by Gasteiger charge is -2.31. The molecule has 1 radical (unpaired) electrons. The average Bonchev–Trinajstić information content (AvgIpc) is 3.40. The molecule has 0 saturated carbocycles. The molecular formula is C84H99Si. The third kappa shape index (κ3) is 13.0. The summed E-state index contributed by atoms with van der Waals surface area (Å²) < 4.78 is 0. The molecule has 0 heterocycles. The van der Waals surface area contributed by atoms with Gasteiger partial charge in [-0.05, 0) is 188 Å². The van der Waals surface area contributed by atoms with Crippen molar-refractivity contribution in [3.63, 3.8) is 0 Å². The van der Waals surface area contributed by atoms with Gasteiger partial charge in [0.15, 0.2) is 8.80 Å². The van der Waals surface area contributed by atoms with Gasteiger partial charge < -0.3 is 0 Å². The first kappa shape index (κ1) is 62.7. The summed E-state index contributed by atoms with van der Waals surface area (Å²) in [6, 6.07) is 72.0. The van der Waals surface area contributed by atoms with Crippen LogP contribution in [0, 0.1) is 0 Å². The van der Waals surface area contributed by atoms with Crippen LogP contribution in [0.25, 0.3) is 44.5 Å². The van der Waals surface area contributed by atoms with E-state index in [1.54, 1.807) is 0 Å². The monoisotopic (exact) mass is 1140 g/mol. The van der Waals surface area contributed by atoms with Crippen LogP contribution in [0.3, 0.4) is 0 Å². The molecule has 9 rings (SSSR count). The van der Waals surface area contributed by atoms with Crippen LogP contribution < -0.4 is 15.6 Å². The summed E-state index contributed by atoms with van der Waals surface area (Å²) in [4.78, 5) is 0. The molecule has 0 atom stereocenters. The highest BCUT2D eigenvalue weighted by Crippen LogP contribution is 2.48. The van der Waals surface area contributed by atoms with Gasteiger partial charge in [-0.3, -0.25) is 0 Å². The van der Waals surface area contributed by atoms with Crippen LogP contribution in [-0.4, -0.2) is 8.80 Å². The van der Waals surface area contributed by atoms with Gasteiger partial charge in [-0.15, -0.1) is 0 Å². The Morgan fingerprint density at radius 2 is 0.506 bits per heavy atom. The lowest BCUT2D eigenvalue weighted by Crippen LogP contribution is -2.54. The Morgan fingerprint density at radius 1 is 0.282 bits per heavy atom. The summed E-state index contributed by atoms with van der Waals surface area (Å²) in [7, 11) is -1.71. The first-order valence-electron chi connectivity index (χ1n) is 32.4. The van der Waals surface area contributed by atoms with E-state index in [9.17, 15) is 0 Å². The van der Waals surface area contributed by atoms with Crippen LogP contribution in [0.4, 0.5) is 0 Å². The van der Waals surface area contributed by atoms with E-state index in [-0.39, 0.29) is 5.41 Å². The quantitative estimate of drug-likeness (QED) is 0.0559. The van der Waals surface area contributed by atoms with Crippen molar-refractivity contribution in [2.75, 3.05) is 0 Å². The number of rotatable bonds is 19. The Balaban J connectivity index is 1.52. The SMILES string of the molecule is CC(C)c1cccc(C(C)C)c1-c1cccc(-c2c(C(C)C)cccc2C(C)C)c1Cc1cc(C(C)(C)C)cc(Cc2c(-c3c(C(C)C)cccc3C(C)C)cccc2-c2c(C(C)C)cccc2C(C)C)c1[Si](c1ccccc1)c1ccccc1. The maximum atomic E-state index is 2.69. The van der Waals surface area contributed by atoms with Crippen molar-refractivity contribution >= 4 is 24.4 Å². The minimum Gasteiger partial charge on any atom is -0.0624 e. The summed E-state index contributed by atoms with van der Waals surface area (Å²) in [5.41, 5.74) is 29.4. The standard InChI is InChI=1S/C84H99Si/c1-52(2)65-36-26-37-66(53(3)4)79(65)73-44-30-45-74(80-67(54(5)6)38-27-39-68(80)55(7)8)77(73)50-60-48-62(84(17,18)19)49-61(83(60)85(63-32-22-20-23-33-63)64-34-24-21-25-35-64)51-78-75(81-69(56(9)10)40-28-41-70(81)57(11)12)46-31-47-76(78)82-71(58(13)14)42-29-43-72(82)59(15)16/h20-49,52-59H,50-51H2,1-19H3. The Bertz CT molecular complexity index is 3250. The minimum atomic E-state index is -1.71. The topological polar surface area (TPSA) is 0 Å². The molecular weight excluding hydrogens is 1040 g/mol. The summed E-state index contributed by atoms with van der Waals surface area (Å²) >= 11 is 0. The van der Waals surface area contributed by atoms with E-state index >= 15 is 0 Å². The molecule has 0 N–H and O–H groups in total. The second kappa shape index (κ2) is 26.4. The first-order chi connectivity index (χ1) is 40.5. The molecule has 0 aliphatic carbocycles. The molecule has 0 aliphatic heterocycles. The van der Waals surface area contributed by atoms with Gasteiger partial charge in [-0.25, -0.2) is 0 Å². The third-order valence-electron chi connectivity index (χ3n) is 18.2. The highest BCUT2D eigenvalue weighted by Gasteiger charge is 2.33. The van der Waals surface area contributed by atoms with E-state index in [1.165, 1.54) is 132 Å². The van der Waals surface area contributed by atoms with Crippen LogP contribution in [0.1, 0.15) is 251 Å². The molecule has 0 nitrogen and oxygen atoms in total. The highest BCUT2D eigenvalue weighted by atomic mass is 28.3. The van der Waals surface area contributed by atoms with Crippen molar-refractivity contribution in [1.82, 2.24) is 0 Å². The smallest absolute Gasteiger partial charge is 0.0624 e. The number of benzene rings is 9. The van der Waals surface area contributed by atoms with Crippen molar-refractivity contribution < 1.29 is 0 Å². The van der Waals surface area contributed by atoms with Crippen LogP contribution >= 0.6 is 0 Å². The molecule has 0 spiro atoms. The molecule has 0 saturated heterocycles. The summed E-state index contributed by atoms with van der Waals surface area (Å²) in [5.74, 6) is 2.67. The normalized spacial score (nSPS) is 12.3. The molecule has 0 bridgehead atoms. The zero-order valence-electron chi connectivity index (χ0n) is 55.4. The van der Waals surface area contributed by atoms with Crippen LogP contribution in [0.5, 0.6) is 0 Å². The van der Waals surface area contributed by atoms with Gasteiger partial charge in [-0.2, -0.15) is 0 Å². The fourth-order valence-electron chi connectivity index (χ4n) is 13.8. The van der Waals surface area contributed by atoms with Gasteiger partial charge >= 0.3 is 0 Å². The van der Waals surface area contributed by atoms with Crippen LogP contribution in [0.15, 0.2) is 182 Å². The van der Waals surface area contributed by atoms with Crippen molar-refractivity contribution in [3.05, 3.63) is 254 Å². The maximum absolute atomic E-state index is 2.69. The Morgan fingerprint density at radius 3 is 0.718 bits per heavy atom. The van der Waals surface area contributed by atoms with Crippen molar-refractivity contribution in [2.45, 2.75) is 197 Å². The molecule has 0 fully saturated rings. The van der Waals surface area contributed by atoms with Gasteiger partial charge in [-0.1, -0.05) is 324 Å². The molecule has 0 unspecified atom stereocenters. The molecule has 1 heteroatoms. The Hall–Kier alpha value is -6.80. The van der Waals surface area contributed by atoms with E-state index in [4.69, 9.17) is 0 Å². The summed E-state index contributed by atoms with van der Waals surface area (Å²) in [5, 5.41) is 4.33.